The van der Waals surface area contributed by atoms with Gasteiger partial charge in [-0.1, -0.05) is 6.92 Å². The van der Waals surface area contributed by atoms with Crippen molar-refractivity contribution in [3.05, 3.63) is 18.2 Å². The summed E-state index contributed by atoms with van der Waals surface area (Å²) >= 11 is 0. The van der Waals surface area contributed by atoms with Gasteiger partial charge in [0.15, 0.2) is 0 Å². The Kier molecular flexibility index (Phi) is 4.00. The van der Waals surface area contributed by atoms with E-state index in [1.165, 1.54) is 12.8 Å². The molecule has 2 rings (SSSR count). The Labute approximate surface area is 107 Å². The summed E-state index contributed by atoms with van der Waals surface area (Å²) in [6.07, 6.45) is 3.98. The molecule has 18 heavy (non-hydrogen) atoms. The quantitative estimate of drug-likeness (QED) is 0.608. The fraction of sp³-hybridized carbons (Fsp3) is 0.500. The van der Waals surface area contributed by atoms with Crippen molar-refractivity contribution in [3.8, 4) is 5.75 Å². The number of nitrogens with zero attached hydrogens (tertiary/aromatic N) is 2. The van der Waals surface area contributed by atoms with Crippen molar-refractivity contribution in [2.45, 2.75) is 19.8 Å². The van der Waals surface area contributed by atoms with Crippen LogP contribution in [0.25, 0.3) is 0 Å². The number of methoxy groups -OCH3 is 1. The van der Waals surface area contributed by atoms with E-state index in [0.29, 0.717) is 11.4 Å². The van der Waals surface area contributed by atoms with Gasteiger partial charge in [-0.2, -0.15) is 4.99 Å². The van der Waals surface area contributed by atoms with Gasteiger partial charge in [0.05, 0.1) is 7.11 Å². The molecule has 0 saturated carbocycles. The minimum Gasteiger partial charge on any atom is -0.494 e. The molecule has 1 aliphatic heterocycles. The molecule has 96 valence electrons. The molecular formula is C14H18N2O2. The largest absolute Gasteiger partial charge is 0.494 e. The fourth-order valence-electron chi connectivity index (χ4n) is 2.27. The van der Waals surface area contributed by atoms with E-state index in [4.69, 9.17) is 4.74 Å². The second-order valence-corrected chi connectivity index (χ2v) is 4.73. The maximum absolute atomic E-state index is 10.3. The number of isocyanates is 1. The lowest BCUT2D eigenvalue weighted by molar-refractivity contribution is 0.414. The second-order valence-electron chi connectivity index (χ2n) is 4.73. The van der Waals surface area contributed by atoms with Gasteiger partial charge in [0.2, 0.25) is 6.08 Å². The summed E-state index contributed by atoms with van der Waals surface area (Å²) in [5.41, 5.74) is 1.66. The van der Waals surface area contributed by atoms with Gasteiger partial charge >= 0.3 is 0 Å². The minimum absolute atomic E-state index is 0.529. The molecule has 4 nitrogen and oxygen atoms in total. The monoisotopic (exact) mass is 246 g/mol. The molecule has 1 fully saturated rings. The van der Waals surface area contributed by atoms with Crippen LogP contribution >= 0.6 is 0 Å². The van der Waals surface area contributed by atoms with Gasteiger partial charge in [-0.25, -0.2) is 4.79 Å². The number of hydrogen-bond acceptors (Lipinski definition) is 4. The summed E-state index contributed by atoms with van der Waals surface area (Å²) in [7, 11) is 1.58. The summed E-state index contributed by atoms with van der Waals surface area (Å²) in [5.74, 6) is 1.43. The smallest absolute Gasteiger partial charge is 0.240 e. The summed E-state index contributed by atoms with van der Waals surface area (Å²) < 4.78 is 5.25. The topological polar surface area (TPSA) is 41.9 Å². The number of benzene rings is 1. The SMILES string of the molecule is COc1cc(N2CCC(C)CC2)ccc1N=C=O. The van der Waals surface area contributed by atoms with Crippen molar-refractivity contribution in [2.24, 2.45) is 10.9 Å². The lowest BCUT2D eigenvalue weighted by Gasteiger charge is -2.32. The molecule has 0 aliphatic carbocycles. The minimum atomic E-state index is 0.529. The average Bonchev–Trinajstić information content (AvgIpc) is 2.40. The summed E-state index contributed by atoms with van der Waals surface area (Å²) in [6.45, 7) is 4.43. The third kappa shape index (κ3) is 2.71. The van der Waals surface area contributed by atoms with Gasteiger partial charge in [0.25, 0.3) is 0 Å². The molecule has 4 heteroatoms. The lowest BCUT2D eigenvalue weighted by Crippen LogP contribution is -2.32. The van der Waals surface area contributed by atoms with Crippen LogP contribution in [0.5, 0.6) is 5.75 Å². The first kappa shape index (κ1) is 12.7. The zero-order valence-electron chi connectivity index (χ0n) is 10.8. The average molecular weight is 246 g/mol. The van der Waals surface area contributed by atoms with Crippen molar-refractivity contribution in [1.82, 2.24) is 0 Å². The maximum Gasteiger partial charge on any atom is 0.240 e. The highest BCUT2D eigenvalue weighted by molar-refractivity contribution is 5.64. The van der Waals surface area contributed by atoms with Crippen LogP contribution in [0.3, 0.4) is 0 Å². The molecule has 1 saturated heterocycles. The number of hydrogen-bond donors (Lipinski definition) is 0. The standard InChI is InChI=1S/C14H18N2O2/c1-11-5-7-16(8-6-11)12-3-4-13(15-10-17)14(9-12)18-2/h3-4,9,11H,5-8H2,1-2H3. The Morgan fingerprint density at radius 1 is 1.39 bits per heavy atom. The van der Waals surface area contributed by atoms with Gasteiger partial charge in [0.1, 0.15) is 11.4 Å². The molecule has 1 heterocycles. The zero-order chi connectivity index (χ0) is 13.0. The number of anilines is 1. The molecule has 0 N–H and O–H groups in total. The van der Waals surface area contributed by atoms with Gasteiger partial charge in [-0.05, 0) is 30.9 Å². The molecule has 1 aromatic rings. The zero-order valence-corrected chi connectivity index (χ0v) is 10.8. The summed E-state index contributed by atoms with van der Waals surface area (Å²) in [4.78, 5) is 16.3. The first-order valence-electron chi connectivity index (χ1n) is 6.25. The molecule has 0 spiro atoms. The highest BCUT2D eigenvalue weighted by atomic mass is 16.5. The third-order valence-electron chi connectivity index (χ3n) is 3.48. The van der Waals surface area contributed by atoms with E-state index in [2.05, 4.69) is 16.8 Å². The Hall–Kier alpha value is -1.80. The highest BCUT2D eigenvalue weighted by Crippen LogP contribution is 2.33. The van der Waals surface area contributed by atoms with Crippen LogP contribution in [0.4, 0.5) is 11.4 Å². The second kappa shape index (κ2) is 5.69. The van der Waals surface area contributed by atoms with Crippen LogP contribution in [0.15, 0.2) is 23.2 Å². The van der Waals surface area contributed by atoms with Crippen LogP contribution in [0, 0.1) is 5.92 Å². The third-order valence-corrected chi connectivity index (χ3v) is 3.48. The van der Waals surface area contributed by atoms with Crippen LogP contribution in [-0.2, 0) is 4.79 Å². The first-order chi connectivity index (χ1) is 8.74. The lowest BCUT2D eigenvalue weighted by atomic mass is 9.99. The predicted molar refractivity (Wildman–Crippen MR) is 71.4 cm³/mol. The van der Waals surface area contributed by atoms with Crippen LogP contribution in [0.2, 0.25) is 0 Å². The number of ether oxygens (including phenoxy) is 1. The van der Waals surface area contributed by atoms with Crippen molar-refractivity contribution < 1.29 is 9.53 Å². The number of aliphatic imine (C=N–C) groups is 1. The van der Waals surface area contributed by atoms with Gasteiger partial charge in [-0.15, -0.1) is 0 Å². The van der Waals surface area contributed by atoms with E-state index in [9.17, 15) is 4.79 Å². The Bertz CT molecular complexity index is 459. The molecule has 0 aromatic heterocycles. The summed E-state index contributed by atoms with van der Waals surface area (Å²) in [6, 6.07) is 5.72. The van der Waals surface area contributed by atoms with E-state index in [1.54, 1.807) is 19.3 Å². The van der Waals surface area contributed by atoms with E-state index >= 15 is 0 Å². The normalized spacial score (nSPS) is 16.2. The molecule has 0 bridgehead atoms. The molecular weight excluding hydrogens is 228 g/mol. The molecule has 0 atom stereocenters. The molecule has 0 radical (unpaired) electrons. The van der Waals surface area contributed by atoms with Gasteiger partial charge < -0.3 is 9.64 Å². The van der Waals surface area contributed by atoms with E-state index in [1.807, 2.05) is 12.1 Å². The van der Waals surface area contributed by atoms with Crippen molar-refractivity contribution in [1.29, 1.82) is 0 Å². The molecule has 0 unspecified atom stereocenters. The van der Waals surface area contributed by atoms with Crippen molar-refractivity contribution >= 4 is 17.5 Å². The van der Waals surface area contributed by atoms with Crippen molar-refractivity contribution in [2.75, 3.05) is 25.1 Å². The van der Waals surface area contributed by atoms with E-state index in [0.717, 1.165) is 24.7 Å². The number of piperidine rings is 1. The number of rotatable bonds is 3. The highest BCUT2D eigenvalue weighted by Gasteiger charge is 2.17. The predicted octanol–water partition coefficient (Wildman–Crippen LogP) is 2.90. The van der Waals surface area contributed by atoms with E-state index < -0.39 is 0 Å². The Morgan fingerprint density at radius 3 is 2.72 bits per heavy atom. The fourth-order valence-corrected chi connectivity index (χ4v) is 2.27. The molecule has 1 aromatic carbocycles. The van der Waals surface area contributed by atoms with Crippen LogP contribution in [0.1, 0.15) is 19.8 Å². The van der Waals surface area contributed by atoms with Crippen LogP contribution in [-0.4, -0.2) is 26.3 Å². The summed E-state index contributed by atoms with van der Waals surface area (Å²) in [5, 5.41) is 0. The maximum atomic E-state index is 10.3. The number of carbonyl (C=O) groups excluding carboxylic acids is 1. The Balaban J connectivity index is 2.21. The van der Waals surface area contributed by atoms with E-state index in [-0.39, 0.29) is 0 Å². The van der Waals surface area contributed by atoms with Crippen LogP contribution < -0.4 is 9.64 Å². The molecule has 1 aliphatic rings. The molecule has 0 amide bonds. The van der Waals surface area contributed by atoms with Gasteiger partial charge in [0, 0.05) is 24.8 Å². The Morgan fingerprint density at radius 2 is 2.11 bits per heavy atom. The first-order valence-corrected chi connectivity index (χ1v) is 6.25. The van der Waals surface area contributed by atoms with Gasteiger partial charge in [-0.3, -0.25) is 0 Å². The van der Waals surface area contributed by atoms with Crippen molar-refractivity contribution in [3.63, 3.8) is 0 Å².